The third kappa shape index (κ3) is 3.88. The molecule has 6 nitrogen and oxygen atoms in total. The molecule has 0 unspecified atom stereocenters. The van der Waals surface area contributed by atoms with Crippen molar-refractivity contribution in [1.82, 2.24) is 9.80 Å². The van der Waals surface area contributed by atoms with Crippen LogP contribution in [0.1, 0.15) is 28.8 Å². The summed E-state index contributed by atoms with van der Waals surface area (Å²) in [5.41, 5.74) is 0.523. The SMILES string of the molecule is O=C(O)[C@H]1COC2(CCN(Cc3ccccc3)CC2)N1C(=O)c1ccc(F)cc1. The van der Waals surface area contributed by atoms with Crippen LogP contribution in [0.25, 0.3) is 0 Å². The molecule has 0 saturated carbocycles. The number of rotatable bonds is 4. The van der Waals surface area contributed by atoms with Crippen molar-refractivity contribution in [3.63, 3.8) is 0 Å². The first-order valence-electron chi connectivity index (χ1n) is 9.71. The molecule has 29 heavy (non-hydrogen) atoms. The molecule has 0 aliphatic carbocycles. The van der Waals surface area contributed by atoms with Crippen molar-refractivity contribution in [2.24, 2.45) is 0 Å². The van der Waals surface area contributed by atoms with E-state index in [1.165, 1.54) is 34.7 Å². The number of carbonyl (C=O) groups is 2. The molecule has 2 aliphatic rings. The van der Waals surface area contributed by atoms with Crippen molar-refractivity contribution >= 4 is 11.9 Å². The maximum Gasteiger partial charge on any atom is 0.328 e. The summed E-state index contributed by atoms with van der Waals surface area (Å²) in [6.45, 7) is 2.13. The highest BCUT2D eigenvalue weighted by Gasteiger charge is 2.54. The summed E-state index contributed by atoms with van der Waals surface area (Å²) >= 11 is 0. The maximum absolute atomic E-state index is 13.3. The summed E-state index contributed by atoms with van der Waals surface area (Å²) in [6, 6.07) is 14.2. The lowest BCUT2D eigenvalue weighted by atomic mass is 9.96. The third-order valence-corrected chi connectivity index (χ3v) is 5.74. The first-order chi connectivity index (χ1) is 14.0. The van der Waals surface area contributed by atoms with Gasteiger partial charge in [0.2, 0.25) is 0 Å². The molecule has 1 amide bonds. The van der Waals surface area contributed by atoms with E-state index in [1.54, 1.807) is 0 Å². The van der Waals surface area contributed by atoms with E-state index in [1.807, 2.05) is 18.2 Å². The van der Waals surface area contributed by atoms with Crippen molar-refractivity contribution in [1.29, 1.82) is 0 Å². The molecule has 1 atom stereocenters. The Balaban J connectivity index is 1.53. The van der Waals surface area contributed by atoms with E-state index >= 15 is 0 Å². The second kappa shape index (κ2) is 7.93. The van der Waals surface area contributed by atoms with Gasteiger partial charge in [0.15, 0.2) is 6.04 Å². The Morgan fingerprint density at radius 1 is 1.07 bits per heavy atom. The van der Waals surface area contributed by atoms with Gasteiger partial charge in [-0.25, -0.2) is 9.18 Å². The highest BCUT2D eigenvalue weighted by molar-refractivity contribution is 5.97. The Morgan fingerprint density at radius 3 is 2.34 bits per heavy atom. The highest BCUT2D eigenvalue weighted by atomic mass is 19.1. The quantitative estimate of drug-likeness (QED) is 0.858. The van der Waals surface area contributed by atoms with E-state index in [4.69, 9.17) is 4.74 Å². The number of piperidine rings is 1. The number of amides is 1. The number of carboxylic acids is 1. The lowest BCUT2D eigenvalue weighted by Gasteiger charge is -2.44. The van der Waals surface area contributed by atoms with Gasteiger partial charge < -0.3 is 9.84 Å². The molecule has 2 aromatic rings. The van der Waals surface area contributed by atoms with E-state index in [-0.39, 0.29) is 12.2 Å². The lowest BCUT2D eigenvalue weighted by molar-refractivity contribution is -0.144. The molecule has 0 aromatic heterocycles. The van der Waals surface area contributed by atoms with Gasteiger partial charge in [0.25, 0.3) is 5.91 Å². The van der Waals surface area contributed by atoms with E-state index in [9.17, 15) is 19.1 Å². The largest absolute Gasteiger partial charge is 0.480 e. The fourth-order valence-electron chi connectivity index (χ4n) is 4.19. The number of halogens is 1. The summed E-state index contributed by atoms with van der Waals surface area (Å²) in [5, 5.41) is 9.64. The maximum atomic E-state index is 13.3. The number of nitrogens with zero attached hydrogens (tertiary/aromatic N) is 2. The van der Waals surface area contributed by atoms with Gasteiger partial charge in [0, 0.05) is 38.0 Å². The molecule has 2 aliphatic heterocycles. The summed E-state index contributed by atoms with van der Waals surface area (Å²) in [7, 11) is 0. The van der Waals surface area contributed by atoms with E-state index in [2.05, 4.69) is 17.0 Å². The summed E-state index contributed by atoms with van der Waals surface area (Å²) in [5.74, 6) is -1.98. The average molecular weight is 398 g/mol. The van der Waals surface area contributed by atoms with Crippen LogP contribution < -0.4 is 0 Å². The predicted molar refractivity (Wildman–Crippen MR) is 104 cm³/mol. The first-order valence-corrected chi connectivity index (χ1v) is 9.71. The van der Waals surface area contributed by atoms with Crippen molar-refractivity contribution < 1.29 is 23.8 Å². The van der Waals surface area contributed by atoms with E-state index in [0.29, 0.717) is 25.9 Å². The minimum absolute atomic E-state index is 0.0407. The number of benzene rings is 2. The van der Waals surface area contributed by atoms with Crippen molar-refractivity contribution in [2.75, 3.05) is 19.7 Å². The molecule has 1 spiro atoms. The van der Waals surface area contributed by atoms with Gasteiger partial charge in [-0.3, -0.25) is 14.6 Å². The Labute approximate surface area is 168 Å². The second-order valence-electron chi connectivity index (χ2n) is 7.56. The van der Waals surface area contributed by atoms with Crippen LogP contribution in [-0.4, -0.2) is 58.2 Å². The molecule has 2 saturated heterocycles. The van der Waals surface area contributed by atoms with Crippen LogP contribution in [0.2, 0.25) is 0 Å². The third-order valence-electron chi connectivity index (χ3n) is 5.74. The Hall–Kier alpha value is -2.77. The van der Waals surface area contributed by atoms with Crippen molar-refractivity contribution in [3.8, 4) is 0 Å². The van der Waals surface area contributed by atoms with Crippen LogP contribution in [0.5, 0.6) is 0 Å². The minimum Gasteiger partial charge on any atom is -0.480 e. The molecule has 0 radical (unpaired) electrons. The van der Waals surface area contributed by atoms with Crippen LogP contribution in [-0.2, 0) is 16.1 Å². The minimum atomic E-state index is -1.09. The van der Waals surface area contributed by atoms with Crippen LogP contribution in [0.3, 0.4) is 0 Å². The number of carbonyl (C=O) groups excluding carboxylic acids is 1. The Kier molecular flexibility index (Phi) is 5.34. The van der Waals surface area contributed by atoms with Gasteiger partial charge >= 0.3 is 5.97 Å². The molecule has 2 aromatic carbocycles. The Morgan fingerprint density at radius 2 is 1.72 bits per heavy atom. The lowest BCUT2D eigenvalue weighted by Crippen LogP contribution is -2.58. The number of aliphatic carboxylic acids is 1. The molecule has 7 heteroatoms. The zero-order chi connectivity index (χ0) is 20.4. The average Bonchev–Trinajstić information content (AvgIpc) is 3.10. The summed E-state index contributed by atoms with van der Waals surface area (Å²) in [6.07, 6.45) is 1.05. The standard InChI is InChI=1S/C22H23FN2O4/c23-18-8-6-17(7-9-18)20(26)25-19(21(27)28)15-29-22(25)10-12-24(13-11-22)14-16-4-2-1-3-5-16/h1-9,19H,10-15H2,(H,27,28)/t19-/m1/s1. The fraction of sp³-hybridized carbons (Fsp3) is 0.364. The number of carboxylic acid groups (broad SMARTS) is 1. The molecule has 1 N–H and O–H groups in total. The fourth-order valence-corrected chi connectivity index (χ4v) is 4.19. The van der Waals surface area contributed by atoms with Crippen LogP contribution in [0.4, 0.5) is 4.39 Å². The van der Waals surface area contributed by atoms with Gasteiger partial charge in [-0.15, -0.1) is 0 Å². The normalized spacial score (nSPS) is 21.4. The highest BCUT2D eigenvalue weighted by Crippen LogP contribution is 2.38. The molecule has 4 rings (SSSR count). The molecule has 2 heterocycles. The number of likely N-dealkylation sites (tertiary alicyclic amines) is 1. The zero-order valence-corrected chi connectivity index (χ0v) is 16.0. The van der Waals surface area contributed by atoms with Crippen molar-refractivity contribution in [2.45, 2.75) is 31.2 Å². The molecular formula is C22H23FN2O4. The van der Waals surface area contributed by atoms with Gasteiger partial charge in [0.05, 0.1) is 6.61 Å². The molecular weight excluding hydrogens is 375 g/mol. The Bertz CT molecular complexity index is 879. The van der Waals surface area contributed by atoms with Gasteiger partial charge in [-0.1, -0.05) is 30.3 Å². The topological polar surface area (TPSA) is 70.1 Å². The van der Waals surface area contributed by atoms with Gasteiger partial charge in [0.1, 0.15) is 11.5 Å². The van der Waals surface area contributed by atoms with Gasteiger partial charge in [-0.05, 0) is 29.8 Å². The van der Waals surface area contributed by atoms with Gasteiger partial charge in [-0.2, -0.15) is 0 Å². The number of ether oxygens (including phenoxy) is 1. The van der Waals surface area contributed by atoms with E-state index in [0.717, 1.165) is 6.54 Å². The van der Waals surface area contributed by atoms with Crippen molar-refractivity contribution in [3.05, 3.63) is 71.5 Å². The number of hydrogen-bond acceptors (Lipinski definition) is 4. The number of hydrogen-bond donors (Lipinski definition) is 1. The predicted octanol–water partition coefficient (Wildman–Crippen LogP) is 2.74. The summed E-state index contributed by atoms with van der Waals surface area (Å²) in [4.78, 5) is 28.6. The smallest absolute Gasteiger partial charge is 0.328 e. The summed E-state index contributed by atoms with van der Waals surface area (Å²) < 4.78 is 19.2. The van der Waals surface area contributed by atoms with Crippen LogP contribution >= 0.6 is 0 Å². The molecule has 152 valence electrons. The van der Waals surface area contributed by atoms with E-state index < -0.39 is 29.5 Å². The monoisotopic (exact) mass is 398 g/mol. The van der Waals surface area contributed by atoms with Crippen LogP contribution in [0, 0.1) is 5.82 Å². The zero-order valence-electron chi connectivity index (χ0n) is 16.0. The van der Waals surface area contributed by atoms with Crippen LogP contribution in [0.15, 0.2) is 54.6 Å². The second-order valence-corrected chi connectivity index (χ2v) is 7.56. The molecule has 2 fully saturated rings. The first kappa shape index (κ1) is 19.5. The molecule has 0 bridgehead atoms.